The van der Waals surface area contributed by atoms with Gasteiger partial charge in [0.2, 0.25) is 0 Å². The Labute approximate surface area is 127 Å². The molecule has 0 saturated heterocycles. The first-order valence-electron chi connectivity index (χ1n) is 5.63. The van der Waals surface area contributed by atoms with Crippen LogP contribution in [-0.2, 0) is 0 Å². The van der Waals surface area contributed by atoms with E-state index in [1.54, 1.807) is 6.07 Å². The van der Waals surface area contributed by atoms with Crippen molar-refractivity contribution in [3.63, 3.8) is 0 Å². The Morgan fingerprint density at radius 3 is 2.72 bits per heavy atom. The largest absolute Gasteiger partial charge is 0.296 e. The van der Waals surface area contributed by atoms with Crippen LogP contribution >= 0.6 is 46.3 Å². The van der Waals surface area contributed by atoms with Crippen molar-refractivity contribution in [3.8, 4) is 0 Å². The molecule has 1 aromatic rings. The molecule has 0 aliphatic carbocycles. The summed E-state index contributed by atoms with van der Waals surface area (Å²) >= 11 is 14.9. The molecule has 0 bridgehead atoms. The summed E-state index contributed by atoms with van der Waals surface area (Å²) in [6.45, 7) is 2.51. The molecule has 18 heavy (non-hydrogen) atoms. The van der Waals surface area contributed by atoms with Gasteiger partial charge in [-0.2, -0.15) is 11.8 Å². The molecule has 0 fully saturated rings. The van der Waals surface area contributed by atoms with Crippen LogP contribution in [0.1, 0.15) is 23.7 Å². The Morgan fingerprint density at radius 1 is 1.56 bits per heavy atom. The first kappa shape index (κ1) is 16.3. The SMILES string of the molecule is CSCCC(C)N(C)CC(=O)c1cc(Cl)sc1Cl. The minimum absolute atomic E-state index is 0.0293. The molecule has 0 aromatic carbocycles. The average molecular weight is 326 g/mol. The molecule has 6 heteroatoms. The molecule has 0 N–H and O–H groups in total. The summed E-state index contributed by atoms with van der Waals surface area (Å²) in [6.07, 6.45) is 3.16. The van der Waals surface area contributed by atoms with Gasteiger partial charge in [-0.15, -0.1) is 11.3 Å². The van der Waals surface area contributed by atoms with Crippen molar-refractivity contribution in [1.82, 2.24) is 4.90 Å². The number of thiophene rings is 1. The second kappa shape index (κ2) is 7.75. The molecule has 1 rings (SSSR count). The summed E-state index contributed by atoms with van der Waals surface area (Å²) in [5.41, 5.74) is 0.538. The minimum atomic E-state index is 0.0293. The number of rotatable bonds is 7. The Kier molecular flexibility index (Phi) is 7.03. The zero-order valence-corrected chi connectivity index (χ0v) is 13.8. The van der Waals surface area contributed by atoms with Crippen LogP contribution in [-0.4, -0.2) is 42.3 Å². The van der Waals surface area contributed by atoms with Crippen LogP contribution in [0.4, 0.5) is 0 Å². The molecule has 0 radical (unpaired) electrons. The Balaban J connectivity index is 2.56. The molecule has 1 aromatic heterocycles. The van der Waals surface area contributed by atoms with Gasteiger partial charge < -0.3 is 0 Å². The number of carbonyl (C=O) groups excluding carboxylic acids is 1. The Morgan fingerprint density at radius 2 is 2.22 bits per heavy atom. The number of hydrogen-bond acceptors (Lipinski definition) is 4. The number of thioether (sulfide) groups is 1. The number of Topliss-reactive ketones (excluding diaryl/α,β-unsaturated/α-hetero) is 1. The zero-order valence-electron chi connectivity index (χ0n) is 10.7. The number of halogens is 2. The molecular weight excluding hydrogens is 309 g/mol. The van der Waals surface area contributed by atoms with Crippen LogP contribution in [0, 0.1) is 0 Å². The molecule has 1 unspecified atom stereocenters. The van der Waals surface area contributed by atoms with Crippen molar-refractivity contribution in [2.45, 2.75) is 19.4 Å². The monoisotopic (exact) mass is 325 g/mol. The van der Waals surface area contributed by atoms with E-state index < -0.39 is 0 Å². The summed E-state index contributed by atoms with van der Waals surface area (Å²) in [5.74, 6) is 1.13. The van der Waals surface area contributed by atoms with E-state index in [-0.39, 0.29) is 5.78 Å². The van der Waals surface area contributed by atoms with Crippen LogP contribution in [0.15, 0.2) is 6.07 Å². The van der Waals surface area contributed by atoms with Gasteiger partial charge in [0.25, 0.3) is 0 Å². The summed E-state index contributed by atoms with van der Waals surface area (Å²) in [5, 5.41) is 0. The van der Waals surface area contributed by atoms with E-state index in [0.29, 0.717) is 26.8 Å². The van der Waals surface area contributed by atoms with E-state index in [0.717, 1.165) is 12.2 Å². The highest BCUT2D eigenvalue weighted by atomic mass is 35.5. The molecule has 2 nitrogen and oxygen atoms in total. The molecule has 0 spiro atoms. The van der Waals surface area contributed by atoms with Gasteiger partial charge in [-0.3, -0.25) is 9.69 Å². The van der Waals surface area contributed by atoms with Crippen molar-refractivity contribution in [3.05, 3.63) is 20.3 Å². The number of hydrogen-bond donors (Lipinski definition) is 0. The maximum absolute atomic E-state index is 12.1. The number of ketones is 1. The topological polar surface area (TPSA) is 20.3 Å². The average Bonchev–Trinajstić information content (AvgIpc) is 2.65. The van der Waals surface area contributed by atoms with Crippen molar-refractivity contribution in [2.24, 2.45) is 0 Å². The second-order valence-electron chi connectivity index (χ2n) is 4.21. The third kappa shape index (κ3) is 4.74. The highest BCUT2D eigenvalue weighted by molar-refractivity contribution is 7.98. The fourth-order valence-electron chi connectivity index (χ4n) is 1.51. The molecule has 1 atom stereocenters. The maximum Gasteiger partial charge on any atom is 0.179 e. The molecule has 102 valence electrons. The zero-order chi connectivity index (χ0) is 13.7. The van der Waals surface area contributed by atoms with Gasteiger partial charge in [-0.1, -0.05) is 23.2 Å². The molecule has 1 heterocycles. The molecule has 0 saturated carbocycles. The van der Waals surface area contributed by atoms with Gasteiger partial charge in [0.15, 0.2) is 5.78 Å². The number of likely N-dealkylation sites (N-methyl/N-ethyl adjacent to an activating group) is 1. The van der Waals surface area contributed by atoms with Crippen LogP contribution in [0.3, 0.4) is 0 Å². The lowest BCUT2D eigenvalue weighted by atomic mass is 10.1. The normalized spacial score (nSPS) is 13.0. The maximum atomic E-state index is 12.1. The van der Waals surface area contributed by atoms with E-state index in [1.165, 1.54) is 11.3 Å². The van der Waals surface area contributed by atoms with Gasteiger partial charge in [-0.05, 0) is 38.5 Å². The standard InChI is InChI=1S/C12H17Cl2NOS2/c1-8(4-5-17-3)15(2)7-10(16)9-6-11(13)18-12(9)14/h6,8H,4-5,7H2,1-3H3. The van der Waals surface area contributed by atoms with Crippen molar-refractivity contribution in [1.29, 1.82) is 0 Å². The molecular formula is C12H17Cl2NOS2. The van der Waals surface area contributed by atoms with Crippen LogP contribution < -0.4 is 0 Å². The third-order valence-corrected chi connectivity index (χ3v) is 4.97. The summed E-state index contributed by atoms with van der Waals surface area (Å²) in [6, 6.07) is 2.03. The highest BCUT2D eigenvalue weighted by Gasteiger charge is 2.18. The van der Waals surface area contributed by atoms with Gasteiger partial charge in [0.05, 0.1) is 16.4 Å². The lowest BCUT2D eigenvalue weighted by Gasteiger charge is -2.23. The smallest absolute Gasteiger partial charge is 0.179 e. The van der Waals surface area contributed by atoms with E-state index in [4.69, 9.17) is 23.2 Å². The predicted molar refractivity (Wildman–Crippen MR) is 83.8 cm³/mol. The lowest BCUT2D eigenvalue weighted by molar-refractivity contribution is 0.0924. The van der Waals surface area contributed by atoms with E-state index in [1.807, 2.05) is 18.8 Å². The van der Waals surface area contributed by atoms with Gasteiger partial charge in [-0.25, -0.2) is 0 Å². The summed E-state index contributed by atoms with van der Waals surface area (Å²) in [7, 11) is 1.96. The Hall–Kier alpha value is 0.260. The first-order valence-corrected chi connectivity index (χ1v) is 8.59. The van der Waals surface area contributed by atoms with Crippen molar-refractivity contribution < 1.29 is 4.79 Å². The lowest BCUT2D eigenvalue weighted by Crippen LogP contribution is -2.34. The number of carbonyl (C=O) groups is 1. The first-order chi connectivity index (χ1) is 8.45. The molecule has 0 amide bonds. The fraction of sp³-hybridized carbons (Fsp3) is 0.583. The Bertz CT molecular complexity index is 409. The quantitative estimate of drug-likeness (QED) is 0.696. The van der Waals surface area contributed by atoms with Crippen molar-refractivity contribution >= 4 is 52.1 Å². The van der Waals surface area contributed by atoms with Gasteiger partial charge in [0, 0.05) is 6.04 Å². The van der Waals surface area contributed by atoms with Gasteiger partial charge in [0.1, 0.15) is 4.34 Å². The third-order valence-electron chi connectivity index (χ3n) is 2.84. The summed E-state index contributed by atoms with van der Waals surface area (Å²) < 4.78 is 1.04. The predicted octanol–water partition coefficient (Wildman–Crippen LogP) is 4.31. The van der Waals surface area contributed by atoms with E-state index >= 15 is 0 Å². The second-order valence-corrected chi connectivity index (χ2v) is 7.48. The molecule has 0 aliphatic rings. The van der Waals surface area contributed by atoms with E-state index in [2.05, 4.69) is 18.1 Å². The fourth-order valence-corrected chi connectivity index (χ4v) is 3.58. The van der Waals surface area contributed by atoms with Crippen molar-refractivity contribution in [2.75, 3.05) is 25.6 Å². The van der Waals surface area contributed by atoms with Crippen LogP contribution in [0.2, 0.25) is 8.67 Å². The highest BCUT2D eigenvalue weighted by Crippen LogP contribution is 2.31. The minimum Gasteiger partial charge on any atom is -0.296 e. The van der Waals surface area contributed by atoms with Crippen LogP contribution in [0.5, 0.6) is 0 Å². The van der Waals surface area contributed by atoms with Crippen LogP contribution in [0.25, 0.3) is 0 Å². The van der Waals surface area contributed by atoms with E-state index in [9.17, 15) is 4.79 Å². The summed E-state index contributed by atoms with van der Waals surface area (Å²) in [4.78, 5) is 14.1. The number of nitrogens with zero attached hydrogens (tertiary/aromatic N) is 1. The van der Waals surface area contributed by atoms with Gasteiger partial charge >= 0.3 is 0 Å². The molecule has 0 aliphatic heterocycles.